The molecule has 1 aromatic heterocycles. The van der Waals surface area contributed by atoms with Gasteiger partial charge in [-0.2, -0.15) is 0 Å². The maximum absolute atomic E-state index is 4.65. The van der Waals surface area contributed by atoms with Crippen LogP contribution in [-0.2, 0) is 6.54 Å². The molecule has 0 fully saturated rings. The van der Waals surface area contributed by atoms with E-state index in [1.165, 1.54) is 16.7 Å². The monoisotopic (exact) mass is 285 g/mol. The molecule has 0 bridgehead atoms. The minimum atomic E-state index is 0.174. The van der Waals surface area contributed by atoms with E-state index in [4.69, 9.17) is 0 Å². The smallest absolute Gasteiger partial charge is 0.130 e. The lowest BCUT2D eigenvalue weighted by Gasteiger charge is -2.23. The molecule has 21 heavy (non-hydrogen) atoms. The van der Waals surface area contributed by atoms with Crippen molar-refractivity contribution in [3.05, 3.63) is 53.1 Å². The highest BCUT2D eigenvalue weighted by Crippen LogP contribution is 2.27. The summed E-state index contributed by atoms with van der Waals surface area (Å²) in [4.78, 5) is 4.65. The van der Waals surface area contributed by atoms with Gasteiger partial charge in [0.15, 0.2) is 0 Å². The first kappa shape index (κ1) is 15.8. The largest absolute Gasteiger partial charge is 0.333 e. The third-order valence-corrected chi connectivity index (χ3v) is 3.90. The fourth-order valence-electron chi connectivity index (χ4n) is 2.90. The highest BCUT2D eigenvalue weighted by atomic mass is 15.1. The summed E-state index contributed by atoms with van der Waals surface area (Å²) in [6, 6.07) is 6.68. The predicted molar refractivity (Wildman–Crippen MR) is 88.6 cm³/mol. The van der Waals surface area contributed by atoms with Crippen LogP contribution in [-0.4, -0.2) is 16.1 Å². The minimum Gasteiger partial charge on any atom is -0.333 e. The molecule has 0 aliphatic heterocycles. The number of nitrogens with zero attached hydrogens (tertiary/aromatic N) is 2. The molecule has 1 atom stereocenters. The molecule has 1 unspecified atom stereocenters. The second-order valence-corrected chi connectivity index (χ2v) is 5.67. The van der Waals surface area contributed by atoms with Crippen molar-refractivity contribution in [1.82, 2.24) is 14.9 Å². The van der Waals surface area contributed by atoms with Gasteiger partial charge in [-0.25, -0.2) is 4.98 Å². The summed E-state index contributed by atoms with van der Waals surface area (Å²) < 4.78 is 2.28. The molecular formula is C18H27N3. The highest BCUT2D eigenvalue weighted by molar-refractivity contribution is 5.39. The van der Waals surface area contributed by atoms with Crippen molar-refractivity contribution < 1.29 is 0 Å². The summed E-state index contributed by atoms with van der Waals surface area (Å²) in [6.07, 6.45) is 6.25. The normalized spacial score (nSPS) is 12.6. The molecule has 3 nitrogen and oxygen atoms in total. The molecular weight excluding hydrogens is 258 g/mol. The van der Waals surface area contributed by atoms with Crippen LogP contribution in [0.1, 0.15) is 55.2 Å². The standard InChI is InChI=1S/C18H27N3/c1-5-10-19-17(16-14(3)8-7-9-15(16)4)18-20-11-13-21(18)12-6-2/h7-9,11,13,17,19H,5-6,10,12H2,1-4H3. The molecule has 1 N–H and O–H groups in total. The van der Waals surface area contributed by atoms with Crippen molar-refractivity contribution in [2.75, 3.05) is 6.54 Å². The predicted octanol–water partition coefficient (Wildman–Crippen LogP) is 4.00. The Hall–Kier alpha value is -1.61. The average Bonchev–Trinajstić information content (AvgIpc) is 2.90. The molecule has 2 aromatic rings. The lowest BCUT2D eigenvalue weighted by Crippen LogP contribution is -2.27. The third kappa shape index (κ3) is 3.53. The zero-order valence-electron chi connectivity index (χ0n) is 13.7. The van der Waals surface area contributed by atoms with Gasteiger partial charge in [-0.3, -0.25) is 0 Å². The van der Waals surface area contributed by atoms with Gasteiger partial charge < -0.3 is 9.88 Å². The van der Waals surface area contributed by atoms with Crippen LogP contribution in [0.15, 0.2) is 30.6 Å². The van der Waals surface area contributed by atoms with Crippen molar-refractivity contribution in [1.29, 1.82) is 0 Å². The van der Waals surface area contributed by atoms with Crippen LogP contribution in [0, 0.1) is 13.8 Å². The van der Waals surface area contributed by atoms with E-state index in [0.717, 1.165) is 31.8 Å². The van der Waals surface area contributed by atoms with Crippen LogP contribution in [0.3, 0.4) is 0 Å². The summed E-state index contributed by atoms with van der Waals surface area (Å²) in [5, 5.41) is 3.69. The lowest BCUT2D eigenvalue weighted by atomic mass is 9.95. The van der Waals surface area contributed by atoms with Gasteiger partial charge in [0.2, 0.25) is 0 Å². The first-order valence-electron chi connectivity index (χ1n) is 7.99. The SMILES string of the molecule is CCCNC(c1c(C)cccc1C)c1nccn1CCC. The van der Waals surface area contributed by atoms with Crippen LogP contribution in [0.4, 0.5) is 0 Å². The number of hydrogen-bond donors (Lipinski definition) is 1. The van der Waals surface area contributed by atoms with Crippen molar-refractivity contribution >= 4 is 0 Å². The maximum atomic E-state index is 4.65. The number of rotatable bonds is 7. The number of aryl methyl sites for hydroxylation is 3. The second-order valence-electron chi connectivity index (χ2n) is 5.67. The Bertz CT molecular complexity index is 551. The van der Waals surface area contributed by atoms with Gasteiger partial charge >= 0.3 is 0 Å². The zero-order chi connectivity index (χ0) is 15.2. The molecule has 0 spiro atoms. The summed E-state index contributed by atoms with van der Waals surface area (Å²) >= 11 is 0. The minimum absolute atomic E-state index is 0.174. The fraction of sp³-hybridized carbons (Fsp3) is 0.500. The number of hydrogen-bond acceptors (Lipinski definition) is 2. The van der Waals surface area contributed by atoms with Gasteiger partial charge in [0.25, 0.3) is 0 Å². The van der Waals surface area contributed by atoms with E-state index >= 15 is 0 Å². The Morgan fingerprint density at radius 1 is 1.14 bits per heavy atom. The van der Waals surface area contributed by atoms with E-state index in [2.05, 4.69) is 67.0 Å². The Morgan fingerprint density at radius 3 is 2.48 bits per heavy atom. The van der Waals surface area contributed by atoms with Gasteiger partial charge in [-0.15, -0.1) is 0 Å². The summed E-state index contributed by atoms with van der Waals surface area (Å²) in [6.45, 7) is 10.8. The molecule has 0 aliphatic rings. The van der Waals surface area contributed by atoms with Gasteiger partial charge in [0.05, 0.1) is 6.04 Å². The van der Waals surface area contributed by atoms with Gasteiger partial charge in [-0.05, 0) is 49.9 Å². The van der Waals surface area contributed by atoms with E-state index in [1.807, 2.05) is 6.20 Å². The Kier molecular flexibility index (Phi) is 5.57. The number of nitrogens with one attached hydrogen (secondary N) is 1. The molecule has 1 aromatic carbocycles. The van der Waals surface area contributed by atoms with Gasteiger partial charge in [-0.1, -0.05) is 32.0 Å². The Labute approximate surface area is 128 Å². The van der Waals surface area contributed by atoms with E-state index in [-0.39, 0.29) is 6.04 Å². The molecule has 0 radical (unpaired) electrons. The molecule has 0 saturated heterocycles. The zero-order valence-corrected chi connectivity index (χ0v) is 13.7. The molecule has 0 aliphatic carbocycles. The number of aromatic nitrogens is 2. The first-order chi connectivity index (χ1) is 10.2. The van der Waals surface area contributed by atoms with Crippen molar-refractivity contribution in [2.45, 2.75) is 53.1 Å². The van der Waals surface area contributed by atoms with Crippen LogP contribution >= 0.6 is 0 Å². The van der Waals surface area contributed by atoms with Crippen LogP contribution in [0.2, 0.25) is 0 Å². The molecule has 1 heterocycles. The molecule has 3 heteroatoms. The van der Waals surface area contributed by atoms with Crippen molar-refractivity contribution in [2.24, 2.45) is 0 Å². The van der Waals surface area contributed by atoms with Crippen molar-refractivity contribution in [3.8, 4) is 0 Å². The topological polar surface area (TPSA) is 29.9 Å². The van der Waals surface area contributed by atoms with Crippen molar-refractivity contribution in [3.63, 3.8) is 0 Å². The van der Waals surface area contributed by atoms with E-state index < -0.39 is 0 Å². The van der Waals surface area contributed by atoms with E-state index in [0.29, 0.717) is 0 Å². The van der Waals surface area contributed by atoms with Crippen LogP contribution in [0.5, 0.6) is 0 Å². The Balaban J connectivity index is 2.45. The average molecular weight is 285 g/mol. The number of benzene rings is 1. The summed E-state index contributed by atoms with van der Waals surface area (Å²) in [5.74, 6) is 1.13. The quantitative estimate of drug-likeness (QED) is 0.833. The molecule has 0 saturated carbocycles. The summed E-state index contributed by atoms with van der Waals surface area (Å²) in [5.41, 5.74) is 4.03. The molecule has 0 amide bonds. The highest BCUT2D eigenvalue weighted by Gasteiger charge is 2.21. The van der Waals surface area contributed by atoms with Gasteiger partial charge in [0.1, 0.15) is 5.82 Å². The molecule has 114 valence electrons. The maximum Gasteiger partial charge on any atom is 0.130 e. The van der Waals surface area contributed by atoms with Gasteiger partial charge in [0, 0.05) is 18.9 Å². The fourth-order valence-corrected chi connectivity index (χ4v) is 2.90. The second kappa shape index (κ2) is 7.41. The van der Waals surface area contributed by atoms with Crippen LogP contribution < -0.4 is 5.32 Å². The lowest BCUT2D eigenvalue weighted by molar-refractivity contribution is 0.527. The summed E-state index contributed by atoms with van der Waals surface area (Å²) in [7, 11) is 0. The first-order valence-corrected chi connectivity index (χ1v) is 7.99. The number of imidazole rings is 1. The Morgan fingerprint density at radius 2 is 1.86 bits per heavy atom. The third-order valence-electron chi connectivity index (χ3n) is 3.90. The van der Waals surface area contributed by atoms with E-state index in [9.17, 15) is 0 Å². The molecule has 2 rings (SSSR count). The van der Waals surface area contributed by atoms with E-state index in [1.54, 1.807) is 0 Å². The van der Waals surface area contributed by atoms with Crippen LogP contribution in [0.25, 0.3) is 0 Å².